The van der Waals surface area contributed by atoms with Crippen LogP contribution < -0.4 is 11.2 Å². The fraction of sp³-hybridized carbons (Fsp3) is 0.714. The highest BCUT2D eigenvalue weighted by molar-refractivity contribution is 7.99. The molecule has 5 nitrogen and oxygen atoms in total. The molecule has 1 aliphatic carbocycles. The molecule has 1 aromatic rings. The molecule has 1 aliphatic rings. The monoisotopic (exact) mass is 298 g/mol. The van der Waals surface area contributed by atoms with Crippen molar-refractivity contribution in [2.75, 3.05) is 5.75 Å². The zero-order valence-electron chi connectivity index (χ0n) is 12.0. The van der Waals surface area contributed by atoms with E-state index in [1.165, 1.54) is 4.57 Å². The molecule has 0 radical (unpaired) electrons. The van der Waals surface area contributed by atoms with Gasteiger partial charge in [-0.2, -0.15) is 11.8 Å². The molecule has 0 bridgehead atoms. The molecule has 0 aliphatic heterocycles. The van der Waals surface area contributed by atoms with E-state index in [0.717, 1.165) is 31.4 Å². The van der Waals surface area contributed by atoms with E-state index in [-0.39, 0.29) is 11.9 Å². The molecule has 2 atom stereocenters. The van der Waals surface area contributed by atoms with Gasteiger partial charge in [0.05, 0.1) is 11.6 Å². The van der Waals surface area contributed by atoms with E-state index < -0.39 is 11.2 Å². The fourth-order valence-electron chi connectivity index (χ4n) is 2.97. The number of aromatic amines is 1. The molecule has 112 valence electrons. The first-order valence-corrected chi connectivity index (χ1v) is 8.33. The maximum absolute atomic E-state index is 12.1. The molecule has 1 saturated carbocycles. The lowest BCUT2D eigenvalue weighted by atomic mass is 10.1. The normalized spacial score (nSPS) is 22.3. The summed E-state index contributed by atoms with van der Waals surface area (Å²) in [6.07, 6.45) is 4.23. The molecule has 1 heterocycles. The van der Waals surface area contributed by atoms with E-state index in [1.54, 1.807) is 0 Å². The van der Waals surface area contributed by atoms with Crippen LogP contribution in [0.1, 0.15) is 51.1 Å². The van der Waals surface area contributed by atoms with Crippen molar-refractivity contribution in [2.45, 2.75) is 57.2 Å². The van der Waals surface area contributed by atoms with E-state index in [9.17, 15) is 14.7 Å². The highest BCUT2D eigenvalue weighted by Gasteiger charge is 2.32. The molecular weight excluding hydrogens is 276 g/mol. The second kappa shape index (κ2) is 6.52. The van der Waals surface area contributed by atoms with E-state index in [4.69, 9.17) is 0 Å². The Morgan fingerprint density at radius 1 is 1.35 bits per heavy atom. The largest absolute Gasteiger partial charge is 0.494 e. The van der Waals surface area contributed by atoms with Gasteiger partial charge in [0.1, 0.15) is 0 Å². The summed E-state index contributed by atoms with van der Waals surface area (Å²) < 4.78 is 1.41. The Hall–Kier alpha value is -1.17. The van der Waals surface area contributed by atoms with Gasteiger partial charge < -0.3 is 5.11 Å². The number of thioether (sulfide) groups is 1. The molecule has 2 unspecified atom stereocenters. The molecule has 0 aromatic carbocycles. The third-order valence-corrected chi connectivity index (χ3v) is 5.15. The van der Waals surface area contributed by atoms with Gasteiger partial charge >= 0.3 is 5.69 Å². The summed E-state index contributed by atoms with van der Waals surface area (Å²) in [5.74, 6) is 0.858. The summed E-state index contributed by atoms with van der Waals surface area (Å²) in [6.45, 7) is 4.04. The lowest BCUT2D eigenvalue weighted by Crippen LogP contribution is -2.36. The van der Waals surface area contributed by atoms with Crippen molar-refractivity contribution < 1.29 is 5.11 Å². The Balaban J connectivity index is 2.48. The second-order valence-corrected chi connectivity index (χ2v) is 6.69. The van der Waals surface area contributed by atoms with Crippen LogP contribution in [0.2, 0.25) is 0 Å². The van der Waals surface area contributed by atoms with Gasteiger partial charge in [-0.25, -0.2) is 4.79 Å². The number of hydrogen-bond acceptors (Lipinski definition) is 4. The smallest absolute Gasteiger partial charge is 0.331 e. The Morgan fingerprint density at radius 3 is 2.75 bits per heavy atom. The van der Waals surface area contributed by atoms with Gasteiger partial charge in [-0.05, 0) is 25.0 Å². The fourth-order valence-corrected chi connectivity index (χ4v) is 4.21. The zero-order chi connectivity index (χ0) is 14.7. The average Bonchev–Trinajstić information content (AvgIpc) is 2.83. The first-order chi connectivity index (χ1) is 9.60. The van der Waals surface area contributed by atoms with Gasteiger partial charge in [-0.3, -0.25) is 14.3 Å². The van der Waals surface area contributed by atoms with Crippen LogP contribution in [0.3, 0.4) is 0 Å². The van der Waals surface area contributed by atoms with Gasteiger partial charge in [0.25, 0.3) is 5.56 Å². The topological polar surface area (TPSA) is 75.1 Å². The van der Waals surface area contributed by atoms with Gasteiger partial charge in [-0.1, -0.05) is 26.7 Å². The lowest BCUT2D eigenvalue weighted by Gasteiger charge is -2.22. The molecule has 20 heavy (non-hydrogen) atoms. The maximum Gasteiger partial charge on any atom is 0.331 e. The van der Waals surface area contributed by atoms with Crippen molar-refractivity contribution >= 4 is 11.8 Å². The van der Waals surface area contributed by atoms with Crippen LogP contribution in [0.5, 0.6) is 5.88 Å². The SMILES string of the molecule is CCCc1c(O)n(C2CCCC2SCC)c(=O)[nH]c1=O. The van der Waals surface area contributed by atoms with Crippen molar-refractivity contribution in [3.63, 3.8) is 0 Å². The highest BCUT2D eigenvalue weighted by Crippen LogP contribution is 2.39. The molecule has 1 fully saturated rings. The van der Waals surface area contributed by atoms with E-state index in [0.29, 0.717) is 17.2 Å². The average molecular weight is 298 g/mol. The highest BCUT2D eigenvalue weighted by atomic mass is 32.2. The van der Waals surface area contributed by atoms with Crippen LogP contribution in [-0.4, -0.2) is 25.7 Å². The summed E-state index contributed by atoms with van der Waals surface area (Å²) >= 11 is 1.82. The minimum absolute atomic E-state index is 0.0140. The molecule has 2 rings (SSSR count). The third-order valence-electron chi connectivity index (χ3n) is 3.84. The minimum atomic E-state index is -0.485. The van der Waals surface area contributed by atoms with Crippen LogP contribution in [0, 0.1) is 0 Å². The molecule has 0 saturated heterocycles. The Labute approximate surface area is 122 Å². The van der Waals surface area contributed by atoms with Crippen LogP contribution in [0.4, 0.5) is 0 Å². The van der Waals surface area contributed by atoms with Gasteiger partial charge in [0, 0.05) is 5.25 Å². The van der Waals surface area contributed by atoms with Crippen molar-refractivity contribution in [1.29, 1.82) is 0 Å². The first kappa shape index (κ1) is 15.2. The van der Waals surface area contributed by atoms with Crippen molar-refractivity contribution in [1.82, 2.24) is 9.55 Å². The van der Waals surface area contributed by atoms with Crippen molar-refractivity contribution in [3.05, 3.63) is 26.4 Å². The van der Waals surface area contributed by atoms with E-state index >= 15 is 0 Å². The number of hydrogen-bond donors (Lipinski definition) is 2. The van der Waals surface area contributed by atoms with E-state index in [2.05, 4.69) is 11.9 Å². The first-order valence-electron chi connectivity index (χ1n) is 7.28. The summed E-state index contributed by atoms with van der Waals surface area (Å²) in [7, 11) is 0. The van der Waals surface area contributed by atoms with Gasteiger partial charge in [0.2, 0.25) is 5.88 Å². The quantitative estimate of drug-likeness (QED) is 0.872. The number of aromatic nitrogens is 2. The van der Waals surface area contributed by atoms with E-state index in [1.807, 2.05) is 18.7 Å². The Morgan fingerprint density at radius 2 is 2.10 bits per heavy atom. The summed E-state index contributed by atoms with van der Waals surface area (Å²) in [5.41, 5.74) is -0.608. The number of nitrogens with zero attached hydrogens (tertiary/aromatic N) is 1. The van der Waals surface area contributed by atoms with Gasteiger partial charge in [0.15, 0.2) is 0 Å². The molecule has 1 aromatic heterocycles. The predicted octanol–water partition coefficient (Wildman–Crippen LogP) is 2.04. The number of nitrogens with one attached hydrogen (secondary N) is 1. The van der Waals surface area contributed by atoms with Crippen LogP contribution in [-0.2, 0) is 6.42 Å². The molecule has 2 N–H and O–H groups in total. The molecular formula is C14H22N2O3S. The maximum atomic E-state index is 12.1. The zero-order valence-corrected chi connectivity index (χ0v) is 12.8. The lowest BCUT2D eigenvalue weighted by molar-refractivity contribution is 0.359. The standard InChI is InChI=1S/C14H22N2O3S/c1-3-6-9-12(17)15-14(19)16(13(9)18)10-7-5-8-11(10)20-4-2/h10-11,18H,3-8H2,1-2H3,(H,15,17,19). The molecule has 0 spiro atoms. The third kappa shape index (κ3) is 2.80. The minimum Gasteiger partial charge on any atom is -0.494 e. The van der Waals surface area contributed by atoms with Crippen LogP contribution in [0.15, 0.2) is 9.59 Å². The summed E-state index contributed by atoms with van der Waals surface area (Å²) in [4.78, 5) is 26.2. The number of H-pyrrole nitrogens is 1. The van der Waals surface area contributed by atoms with Crippen molar-refractivity contribution in [3.8, 4) is 5.88 Å². The number of aromatic hydroxyl groups is 1. The van der Waals surface area contributed by atoms with Crippen LogP contribution >= 0.6 is 11.8 Å². The summed E-state index contributed by atoms with van der Waals surface area (Å²) in [5, 5.41) is 10.7. The molecule has 6 heteroatoms. The number of rotatable bonds is 5. The summed E-state index contributed by atoms with van der Waals surface area (Å²) in [6, 6.07) is -0.0140. The van der Waals surface area contributed by atoms with Crippen molar-refractivity contribution in [2.24, 2.45) is 0 Å². The second-order valence-electron chi connectivity index (χ2n) is 5.17. The Bertz CT molecular complexity index is 579. The Kier molecular flexibility index (Phi) is 4.96. The van der Waals surface area contributed by atoms with Gasteiger partial charge in [-0.15, -0.1) is 0 Å². The van der Waals surface area contributed by atoms with Crippen LogP contribution in [0.25, 0.3) is 0 Å². The molecule has 0 amide bonds. The predicted molar refractivity (Wildman–Crippen MR) is 81.8 cm³/mol.